The molecule has 0 saturated carbocycles. The molecule has 7 heteroatoms. The molecule has 18 heavy (non-hydrogen) atoms. The average molecular weight is 249 g/mol. The summed E-state index contributed by atoms with van der Waals surface area (Å²) in [4.78, 5) is 45.8. The number of carbonyl (C=O) groups is 3. The highest BCUT2D eigenvalue weighted by Gasteiger charge is 2.24. The second kappa shape index (κ2) is 4.82. The molecule has 0 aliphatic carbocycles. The molecule has 1 aromatic rings. The molecule has 1 N–H and O–H groups in total. The van der Waals surface area contributed by atoms with E-state index in [4.69, 9.17) is 0 Å². The number of nitrogens with one attached hydrogen (secondary N) is 1. The number of pyridine rings is 1. The van der Waals surface area contributed by atoms with Crippen molar-refractivity contribution in [2.75, 3.05) is 11.4 Å². The van der Waals surface area contributed by atoms with E-state index in [9.17, 15) is 19.2 Å². The van der Waals surface area contributed by atoms with E-state index in [0.717, 1.165) is 0 Å². The standard InChI is InChI=1S/C11H11N3O4/c15-6-5-13-3-1-8(7-10(13)17)14-4-2-9(16)12-11(14)18/h1,3,6-7H,2,4-5H2,(H,12,16,18). The van der Waals surface area contributed by atoms with Gasteiger partial charge in [0.15, 0.2) is 0 Å². The Labute approximate surface area is 102 Å². The Bertz CT molecular complexity index is 564. The predicted octanol–water partition coefficient (Wildman–Crippen LogP) is -0.507. The van der Waals surface area contributed by atoms with Crippen LogP contribution < -0.4 is 15.8 Å². The summed E-state index contributed by atoms with van der Waals surface area (Å²) >= 11 is 0. The quantitative estimate of drug-likeness (QED) is 0.731. The van der Waals surface area contributed by atoms with Gasteiger partial charge in [0, 0.05) is 25.2 Å². The van der Waals surface area contributed by atoms with Crippen LogP contribution >= 0.6 is 0 Å². The molecule has 94 valence electrons. The van der Waals surface area contributed by atoms with Gasteiger partial charge in [0.1, 0.15) is 6.29 Å². The number of carbonyl (C=O) groups excluding carboxylic acids is 3. The van der Waals surface area contributed by atoms with E-state index in [1.165, 1.54) is 21.7 Å². The first-order valence-corrected chi connectivity index (χ1v) is 5.37. The Balaban J connectivity index is 2.26. The van der Waals surface area contributed by atoms with Gasteiger partial charge in [0.25, 0.3) is 5.56 Å². The van der Waals surface area contributed by atoms with E-state index in [-0.39, 0.29) is 31.0 Å². The van der Waals surface area contributed by atoms with Crippen LogP contribution in [0.5, 0.6) is 0 Å². The molecule has 1 aliphatic rings. The SMILES string of the molecule is O=CCn1ccc(N2CCC(=O)NC2=O)cc1=O. The Kier molecular flexibility index (Phi) is 3.22. The lowest BCUT2D eigenvalue weighted by atomic mass is 10.2. The molecule has 0 aromatic carbocycles. The highest BCUT2D eigenvalue weighted by molar-refractivity contribution is 6.05. The molecule has 0 bridgehead atoms. The summed E-state index contributed by atoms with van der Waals surface area (Å²) in [6.45, 7) is 0.214. The van der Waals surface area contributed by atoms with Gasteiger partial charge < -0.3 is 9.36 Å². The first kappa shape index (κ1) is 12.0. The van der Waals surface area contributed by atoms with Crippen molar-refractivity contribution in [3.63, 3.8) is 0 Å². The number of nitrogens with zero attached hydrogens (tertiary/aromatic N) is 2. The molecule has 2 heterocycles. The van der Waals surface area contributed by atoms with Gasteiger partial charge in [-0.05, 0) is 6.07 Å². The molecule has 0 atom stereocenters. The number of aromatic nitrogens is 1. The normalized spacial score (nSPS) is 15.4. The zero-order chi connectivity index (χ0) is 13.1. The maximum absolute atomic E-state index is 11.6. The summed E-state index contributed by atoms with van der Waals surface area (Å²) in [6.07, 6.45) is 2.26. The molecule has 1 saturated heterocycles. The van der Waals surface area contributed by atoms with Crippen LogP contribution in [-0.2, 0) is 16.1 Å². The monoisotopic (exact) mass is 249 g/mol. The number of hydrogen-bond donors (Lipinski definition) is 1. The van der Waals surface area contributed by atoms with Gasteiger partial charge in [-0.25, -0.2) is 4.79 Å². The van der Waals surface area contributed by atoms with Crippen LogP contribution in [0, 0.1) is 0 Å². The average Bonchev–Trinajstić information content (AvgIpc) is 2.32. The minimum Gasteiger partial charge on any atom is -0.308 e. The van der Waals surface area contributed by atoms with Crippen molar-refractivity contribution in [2.24, 2.45) is 0 Å². The zero-order valence-electron chi connectivity index (χ0n) is 9.46. The van der Waals surface area contributed by atoms with Crippen molar-refractivity contribution < 1.29 is 14.4 Å². The fraction of sp³-hybridized carbons (Fsp3) is 0.273. The molecule has 0 spiro atoms. The summed E-state index contributed by atoms with van der Waals surface area (Å²) in [7, 11) is 0. The minimum absolute atomic E-state index is 0.0240. The van der Waals surface area contributed by atoms with Crippen LogP contribution in [-0.4, -0.2) is 29.3 Å². The van der Waals surface area contributed by atoms with E-state index in [1.54, 1.807) is 6.07 Å². The van der Waals surface area contributed by atoms with E-state index < -0.39 is 6.03 Å². The summed E-state index contributed by atoms with van der Waals surface area (Å²) in [6, 6.07) is 2.28. The van der Waals surface area contributed by atoms with E-state index in [0.29, 0.717) is 12.0 Å². The molecule has 1 aliphatic heterocycles. The molecule has 7 nitrogen and oxygen atoms in total. The second-order valence-electron chi connectivity index (χ2n) is 3.80. The highest BCUT2D eigenvalue weighted by Crippen LogP contribution is 2.14. The zero-order valence-corrected chi connectivity index (χ0v) is 9.46. The number of amides is 3. The van der Waals surface area contributed by atoms with E-state index in [2.05, 4.69) is 5.32 Å². The van der Waals surface area contributed by atoms with Crippen molar-refractivity contribution >= 4 is 23.9 Å². The lowest BCUT2D eigenvalue weighted by Crippen LogP contribution is -2.49. The number of rotatable bonds is 3. The molecule has 1 fully saturated rings. The number of urea groups is 1. The van der Waals surface area contributed by atoms with Crippen LogP contribution in [0.4, 0.5) is 10.5 Å². The van der Waals surface area contributed by atoms with Crippen LogP contribution in [0.25, 0.3) is 0 Å². The smallest absolute Gasteiger partial charge is 0.308 e. The summed E-state index contributed by atoms with van der Waals surface area (Å²) in [5.41, 5.74) is 0.0384. The van der Waals surface area contributed by atoms with Crippen LogP contribution in [0.1, 0.15) is 6.42 Å². The third-order valence-corrected chi connectivity index (χ3v) is 2.62. The molecule has 0 radical (unpaired) electrons. The van der Waals surface area contributed by atoms with Gasteiger partial charge in [0.05, 0.1) is 12.2 Å². The third-order valence-electron chi connectivity index (χ3n) is 2.62. The molecule has 1 aromatic heterocycles. The first-order valence-electron chi connectivity index (χ1n) is 5.37. The Morgan fingerprint density at radius 3 is 2.72 bits per heavy atom. The third kappa shape index (κ3) is 2.29. The van der Waals surface area contributed by atoms with Crippen LogP contribution in [0.3, 0.4) is 0 Å². The van der Waals surface area contributed by atoms with Crippen molar-refractivity contribution in [3.05, 3.63) is 28.7 Å². The minimum atomic E-state index is -0.543. The molecule has 0 unspecified atom stereocenters. The predicted molar refractivity (Wildman–Crippen MR) is 62.3 cm³/mol. The van der Waals surface area contributed by atoms with Gasteiger partial charge in [0.2, 0.25) is 5.91 Å². The Hall–Kier alpha value is -2.44. The Morgan fingerprint density at radius 1 is 1.33 bits per heavy atom. The summed E-state index contributed by atoms with van der Waals surface area (Å²) in [5.74, 6) is -0.328. The lowest BCUT2D eigenvalue weighted by Gasteiger charge is -2.26. The number of imide groups is 1. The van der Waals surface area contributed by atoms with Gasteiger partial charge in [-0.3, -0.25) is 19.8 Å². The number of aldehydes is 1. The van der Waals surface area contributed by atoms with Gasteiger partial charge >= 0.3 is 6.03 Å². The van der Waals surface area contributed by atoms with Crippen molar-refractivity contribution in [3.8, 4) is 0 Å². The largest absolute Gasteiger partial charge is 0.328 e. The maximum Gasteiger partial charge on any atom is 0.328 e. The number of hydrogen-bond acceptors (Lipinski definition) is 4. The number of anilines is 1. The van der Waals surface area contributed by atoms with Crippen molar-refractivity contribution in [2.45, 2.75) is 13.0 Å². The van der Waals surface area contributed by atoms with E-state index >= 15 is 0 Å². The summed E-state index contributed by atoms with van der Waals surface area (Å²) in [5, 5.41) is 2.17. The van der Waals surface area contributed by atoms with Crippen molar-refractivity contribution in [1.82, 2.24) is 9.88 Å². The molecule has 3 amide bonds. The summed E-state index contributed by atoms with van der Waals surface area (Å²) < 4.78 is 1.23. The fourth-order valence-electron chi connectivity index (χ4n) is 1.71. The van der Waals surface area contributed by atoms with Crippen LogP contribution in [0.15, 0.2) is 23.1 Å². The van der Waals surface area contributed by atoms with Gasteiger partial charge in [-0.2, -0.15) is 0 Å². The molecular formula is C11H11N3O4. The first-order chi connectivity index (χ1) is 8.61. The van der Waals surface area contributed by atoms with E-state index in [1.807, 2.05) is 0 Å². The Morgan fingerprint density at radius 2 is 2.11 bits per heavy atom. The lowest BCUT2D eigenvalue weighted by molar-refractivity contribution is -0.120. The van der Waals surface area contributed by atoms with Crippen LogP contribution in [0.2, 0.25) is 0 Å². The highest BCUT2D eigenvalue weighted by atomic mass is 16.2. The maximum atomic E-state index is 11.6. The topological polar surface area (TPSA) is 88.5 Å². The fourth-order valence-corrected chi connectivity index (χ4v) is 1.71. The van der Waals surface area contributed by atoms with Crippen molar-refractivity contribution in [1.29, 1.82) is 0 Å². The molecular weight excluding hydrogens is 238 g/mol. The second-order valence-corrected chi connectivity index (χ2v) is 3.80. The molecule has 2 rings (SSSR count). The van der Waals surface area contributed by atoms with Gasteiger partial charge in [-0.15, -0.1) is 0 Å². The van der Waals surface area contributed by atoms with Gasteiger partial charge in [-0.1, -0.05) is 0 Å².